The van der Waals surface area contributed by atoms with Gasteiger partial charge in [0.2, 0.25) is 5.56 Å². The zero-order valence-electron chi connectivity index (χ0n) is 10.9. The van der Waals surface area contributed by atoms with Crippen LogP contribution in [-0.4, -0.2) is 11.1 Å². The number of fused-ring (bicyclic) bond motifs is 4. The Morgan fingerprint density at radius 2 is 2.10 bits per heavy atom. The molecule has 0 amide bonds. The molecule has 2 heterocycles. The van der Waals surface area contributed by atoms with Crippen LogP contribution in [-0.2, 0) is 6.42 Å². The average Bonchev–Trinajstić information content (AvgIpc) is 2.42. The second-order valence-electron chi connectivity index (χ2n) is 5.57. The van der Waals surface area contributed by atoms with E-state index in [1.165, 1.54) is 12.0 Å². The summed E-state index contributed by atoms with van der Waals surface area (Å²) < 4.78 is 6.07. The molecule has 0 bridgehead atoms. The van der Waals surface area contributed by atoms with Crippen LogP contribution >= 0.6 is 11.6 Å². The Balaban J connectivity index is 1.97. The minimum absolute atomic E-state index is 0.121. The van der Waals surface area contributed by atoms with Crippen LogP contribution in [0.15, 0.2) is 35.3 Å². The van der Waals surface area contributed by atoms with Crippen molar-refractivity contribution < 1.29 is 4.74 Å². The van der Waals surface area contributed by atoms with Crippen LogP contribution in [0.3, 0.4) is 0 Å². The molecule has 1 saturated carbocycles. The van der Waals surface area contributed by atoms with Crippen molar-refractivity contribution in [3.05, 3.63) is 51.4 Å². The van der Waals surface area contributed by atoms with Gasteiger partial charge in [0.15, 0.2) is 0 Å². The largest absolute Gasteiger partial charge is 0.488 e. The van der Waals surface area contributed by atoms with Crippen molar-refractivity contribution in [3.63, 3.8) is 0 Å². The molecule has 2 aliphatic rings. The SMILES string of the molecule is O=c1cc2c(c[nH]1)O[C@@H]1CC[C@@H]1Cc1ccc(Cl)cc1-2. The molecule has 0 radical (unpaired) electrons. The van der Waals surface area contributed by atoms with Gasteiger partial charge in [-0.25, -0.2) is 0 Å². The van der Waals surface area contributed by atoms with Gasteiger partial charge in [-0.05, 0) is 42.5 Å². The van der Waals surface area contributed by atoms with Gasteiger partial charge >= 0.3 is 0 Å². The fraction of sp³-hybridized carbons (Fsp3) is 0.312. The van der Waals surface area contributed by atoms with E-state index in [2.05, 4.69) is 11.1 Å². The molecule has 0 saturated heterocycles. The summed E-state index contributed by atoms with van der Waals surface area (Å²) in [6.45, 7) is 0. The van der Waals surface area contributed by atoms with Crippen LogP contribution in [0, 0.1) is 5.92 Å². The minimum Gasteiger partial charge on any atom is -0.488 e. The van der Waals surface area contributed by atoms with E-state index in [1.54, 1.807) is 12.3 Å². The predicted molar refractivity (Wildman–Crippen MR) is 78.4 cm³/mol. The van der Waals surface area contributed by atoms with E-state index in [4.69, 9.17) is 16.3 Å². The molecular formula is C16H14ClNO2. The standard InChI is InChI=1S/C16H14ClNO2/c17-11-3-1-9-5-10-2-4-14(10)20-15-8-18-16(19)7-13(15)12(9)6-11/h1,3,6-8,10,14H,2,4-5H2,(H,18,19)/t10-,14-/m1/s1. The molecule has 4 heteroatoms. The first-order chi connectivity index (χ1) is 9.70. The summed E-state index contributed by atoms with van der Waals surface area (Å²) in [5.74, 6) is 1.32. The maximum Gasteiger partial charge on any atom is 0.248 e. The third kappa shape index (κ3) is 1.85. The third-order valence-corrected chi connectivity index (χ3v) is 4.59. The van der Waals surface area contributed by atoms with Crippen LogP contribution in [0.25, 0.3) is 11.1 Å². The van der Waals surface area contributed by atoms with E-state index in [-0.39, 0.29) is 11.7 Å². The van der Waals surface area contributed by atoms with Gasteiger partial charge in [-0.15, -0.1) is 0 Å². The Labute approximate surface area is 121 Å². The van der Waals surface area contributed by atoms with Crippen molar-refractivity contribution in [3.8, 4) is 16.9 Å². The van der Waals surface area contributed by atoms with Crippen molar-refractivity contribution in [2.75, 3.05) is 0 Å². The van der Waals surface area contributed by atoms with Crippen LogP contribution in [0.1, 0.15) is 18.4 Å². The number of aromatic amines is 1. The minimum atomic E-state index is -0.121. The lowest BCUT2D eigenvalue weighted by atomic mass is 9.76. The highest BCUT2D eigenvalue weighted by atomic mass is 35.5. The fourth-order valence-corrected chi connectivity index (χ4v) is 3.29. The monoisotopic (exact) mass is 287 g/mol. The van der Waals surface area contributed by atoms with Crippen LogP contribution < -0.4 is 10.3 Å². The van der Waals surface area contributed by atoms with Crippen molar-refractivity contribution in [1.82, 2.24) is 4.98 Å². The number of pyridine rings is 1. The van der Waals surface area contributed by atoms with Crippen molar-refractivity contribution in [2.45, 2.75) is 25.4 Å². The van der Waals surface area contributed by atoms with E-state index in [1.807, 2.05) is 12.1 Å². The zero-order chi connectivity index (χ0) is 13.7. The molecule has 1 aliphatic carbocycles. The number of H-pyrrole nitrogens is 1. The number of hydrogen-bond acceptors (Lipinski definition) is 2. The lowest BCUT2D eigenvalue weighted by Gasteiger charge is -2.39. The quantitative estimate of drug-likeness (QED) is 0.807. The van der Waals surface area contributed by atoms with E-state index in [0.29, 0.717) is 10.9 Å². The number of hydrogen-bond donors (Lipinski definition) is 1. The molecule has 20 heavy (non-hydrogen) atoms. The molecule has 0 spiro atoms. The Morgan fingerprint density at radius 1 is 1.20 bits per heavy atom. The van der Waals surface area contributed by atoms with E-state index >= 15 is 0 Å². The molecule has 4 rings (SSSR count). The number of aromatic nitrogens is 1. The third-order valence-electron chi connectivity index (χ3n) is 4.36. The summed E-state index contributed by atoms with van der Waals surface area (Å²) in [7, 11) is 0. The van der Waals surface area contributed by atoms with E-state index in [9.17, 15) is 4.79 Å². The first kappa shape index (κ1) is 12.0. The summed E-state index contributed by atoms with van der Waals surface area (Å²) in [5.41, 5.74) is 2.99. The number of nitrogens with one attached hydrogen (secondary N) is 1. The normalized spacial score (nSPS) is 23.2. The maximum absolute atomic E-state index is 11.7. The molecule has 2 atom stereocenters. The number of rotatable bonds is 0. The topological polar surface area (TPSA) is 42.1 Å². The molecule has 1 fully saturated rings. The van der Waals surface area contributed by atoms with E-state index < -0.39 is 0 Å². The number of ether oxygens (including phenoxy) is 1. The number of halogens is 1. The summed E-state index contributed by atoms with van der Waals surface area (Å²) in [4.78, 5) is 14.3. The fourth-order valence-electron chi connectivity index (χ4n) is 3.12. The molecule has 2 aromatic rings. The van der Waals surface area contributed by atoms with Gasteiger partial charge in [0, 0.05) is 28.8 Å². The van der Waals surface area contributed by atoms with Crippen molar-refractivity contribution in [2.24, 2.45) is 5.92 Å². The summed E-state index contributed by atoms with van der Waals surface area (Å²) in [6.07, 6.45) is 5.22. The zero-order valence-corrected chi connectivity index (χ0v) is 11.6. The molecule has 3 nitrogen and oxygen atoms in total. The van der Waals surface area contributed by atoms with Gasteiger partial charge < -0.3 is 9.72 Å². The summed E-state index contributed by atoms with van der Waals surface area (Å²) in [5, 5.41) is 0.681. The van der Waals surface area contributed by atoms with Gasteiger partial charge in [-0.3, -0.25) is 4.79 Å². The highest BCUT2D eigenvalue weighted by Gasteiger charge is 2.35. The lowest BCUT2D eigenvalue weighted by molar-refractivity contribution is 0.0459. The second-order valence-corrected chi connectivity index (χ2v) is 6.01. The van der Waals surface area contributed by atoms with Crippen LogP contribution in [0.5, 0.6) is 5.75 Å². The van der Waals surface area contributed by atoms with Gasteiger partial charge in [0.1, 0.15) is 11.9 Å². The van der Waals surface area contributed by atoms with Crippen molar-refractivity contribution in [1.29, 1.82) is 0 Å². The highest BCUT2D eigenvalue weighted by Crippen LogP contribution is 2.42. The number of benzene rings is 1. The van der Waals surface area contributed by atoms with Gasteiger partial charge in [0.25, 0.3) is 0 Å². The Morgan fingerprint density at radius 3 is 2.90 bits per heavy atom. The molecule has 102 valence electrons. The second kappa shape index (κ2) is 4.38. The van der Waals surface area contributed by atoms with Gasteiger partial charge in [-0.1, -0.05) is 17.7 Å². The Kier molecular flexibility index (Phi) is 2.64. The summed E-state index contributed by atoms with van der Waals surface area (Å²) in [6, 6.07) is 7.52. The molecule has 1 aromatic heterocycles. The molecule has 0 unspecified atom stereocenters. The van der Waals surface area contributed by atoms with Crippen molar-refractivity contribution >= 4 is 11.6 Å². The van der Waals surface area contributed by atoms with Crippen LogP contribution in [0.2, 0.25) is 5.02 Å². The lowest BCUT2D eigenvalue weighted by Crippen LogP contribution is -2.39. The highest BCUT2D eigenvalue weighted by molar-refractivity contribution is 6.30. The Hall–Kier alpha value is -1.74. The molecule has 1 aromatic carbocycles. The molecule has 1 N–H and O–H groups in total. The average molecular weight is 288 g/mol. The molecule has 1 aliphatic heterocycles. The first-order valence-corrected chi connectivity index (χ1v) is 7.27. The van der Waals surface area contributed by atoms with Crippen LogP contribution in [0.4, 0.5) is 0 Å². The Bertz CT molecular complexity index is 737. The maximum atomic E-state index is 11.7. The molecular weight excluding hydrogens is 274 g/mol. The smallest absolute Gasteiger partial charge is 0.248 e. The van der Waals surface area contributed by atoms with Gasteiger partial charge in [0.05, 0.1) is 0 Å². The first-order valence-electron chi connectivity index (χ1n) is 6.89. The van der Waals surface area contributed by atoms with Gasteiger partial charge in [-0.2, -0.15) is 0 Å². The summed E-state index contributed by atoms with van der Waals surface area (Å²) >= 11 is 6.13. The van der Waals surface area contributed by atoms with E-state index in [0.717, 1.165) is 29.7 Å². The predicted octanol–water partition coefficient (Wildman–Crippen LogP) is 3.41.